The van der Waals surface area contributed by atoms with Gasteiger partial charge in [-0.2, -0.15) is 4.98 Å². The molecular formula is C15H13N3O2. The van der Waals surface area contributed by atoms with Gasteiger partial charge in [0.2, 0.25) is 0 Å². The monoisotopic (exact) mass is 267 g/mol. The van der Waals surface area contributed by atoms with Gasteiger partial charge in [0.25, 0.3) is 5.56 Å². The average molecular weight is 267 g/mol. The molecule has 0 fully saturated rings. The molecule has 0 saturated carbocycles. The second-order valence-electron chi connectivity index (χ2n) is 4.40. The topological polar surface area (TPSA) is 57.0 Å². The summed E-state index contributed by atoms with van der Waals surface area (Å²) < 4.78 is 6.46. The minimum absolute atomic E-state index is 0.168. The van der Waals surface area contributed by atoms with E-state index in [4.69, 9.17) is 4.74 Å². The maximum atomic E-state index is 12.2. The molecule has 0 aliphatic rings. The lowest BCUT2D eigenvalue weighted by Crippen LogP contribution is -2.20. The number of fused-ring (bicyclic) bond motifs is 1. The van der Waals surface area contributed by atoms with Gasteiger partial charge in [-0.1, -0.05) is 30.3 Å². The molecule has 0 saturated heterocycles. The zero-order valence-corrected chi connectivity index (χ0v) is 11.2. The van der Waals surface area contributed by atoms with Crippen LogP contribution < -0.4 is 10.3 Å². The van der Waals surface area contributed by atoms with Crippen LogP contribution >= 0.6 is 0 Å². The van der Waals surface area contributed by atoms with Gasteiger partial charge in [-0.3, -0.25) is 9.36 Å². The van der Waals surface area contributed by atoms with Crippen molar-refractivity contribution in [1.82, 2.24) is 14.5 Å². The first-order valence-corrected chi connectivity index (χ1v) is 6.18. The van der Waals surface area contributed by atoms with Crippen LogP contribution in [-0.2, 0) is 7.05 Å². The summed E-state index contributed by atoms with van der Waals surface area (Å²) in [5, 5.41) is 0.480. The number of methoxy groups -OCH3 is 1. The lowest BCUT2D eigenvalue weighted by molar-refractivity contribution is 0.359. The van der Waals surface area contributed by atoms with Crippen molar-refractivity contribution in [2.75, 3.05) is 7.11 Å². The lowest BCUT2D eigenvalue weighted by atomic mass is 10.1. The van der Waals surface area contributed by atoms with Crippen LogP contribution in [0, 0.1) is 0 Å². The van der Waals surface area contributed by atoms with Crippen LogP contribution in [0.4, 0.5) is 0 Å². The molecule has 100 valence electrons. The Kier molecular flexibility index (Phi) is 2.95. The van der Waals surface area contributed by atoms with Gasteiger partial charge in [0.15, 0.2) is 5.65 Å². The van der Waals surface area contributed by atoms with Gasteiger partial charge in [-0.25, -0.2) is 4.98 Å². The number of nitrogens with zero attached hydrogens (tertiary/aromatic N) is 3. The smallest absolute Gasteiger partial charge is 0.300 e. The summed E-state index contributed by atoms with van der Waals surface area (Å²) >= 11 is 0. The third kappa shape index (κ3) is 1.93. The first kappa shape index (κ1) is 12.3. The van der Waals surface area contributed by atoms with E-state index in [-0.39, 0.29) is 11.6 Å². The van der Waals surface area contributed by atoms with Gasteiger partial charge in [0, 0.05) is 12.6 Å². The molecule has 0 radical (unpaired) electrons. The maximum absolute atomic E-state index is 12.2. The summed E-state index contributed by atoms with van der Waals surface area (Å²) in [6, 6.07) is 13.6. The normalized spacial score (nSPS) is 10.7. The van der Waals surface area contributed by atoms with Crippen molar-refractivity contribution in [3.8, 4) is 17.3 Å². The molecule has 2 heterocycles. The van der Waals surface area contributed by atoms with E-state index in [1.165, 1.54) is 11.7 Å². The standard InChI is InChI=1S/C15H13N3O2/c1-18-14(19)11-8-9-12(10-6-4-3-5-7-10)16-13(11)17-15(18)20-2/h3-9H,1-2H3. The molecule has 2 aromatic heterocycles. The van der Waals surface area contributed by atoms with Gasteiger partial charge < -0.3 is 4.74 Å². The average Bonchev–Trinajstić information content (AvgIpc) is 2.51. The highest BCUT2D eigenvalue weighted by Gasteiger charge is 2.10. The fraction of sp³-hybridized carbons (Fsp3) is 0.133. The van der Waals surface area contributed by atoms with Crippen LogP contribution in [0.25, 0.3) is 22.3 Å². The molecule has 0 spiro atoms. The molecule has 1 aromatic carbocycles. The van der Waals surface area contributed by atoms with Crippen molar-refractivity contribution in [3.63, 3.8) is 0 Å². The molecule has 3 rings (SSSR count). The van der Waals surface area contributed by atoms with Crippen LogP contribution in [0.1, 0.15) is 0 Å². The molecule has 0 amide bonds. The van der Waals surface area contributed by atoms with E-state index in [1.807, 2.05) is 36.4 Å². The molecule has 0 unspecified atom stereocenters. The molecule has 0 atom stereocenters. The van der Waals surface area contributed by atoms with Crippen LogP contribution in [-0.4, -0.2) is 21.6 Å². The molecule has 0 bridgehead atoms. The predicted octanol–water partition coefficient (Wildman–Crippen LogP) is 2.00. The van der Waals surface area contributed by atoms with E-state index in [2.05, 4.69) is 9.97 Å². The molecule has 5 heteroatoms. The first-order valence-electron chi connectivity index (χ1n) is 6.18. The number of pyridine rings is 1. The number of ether oxygens (including phenoxy) is 1. The van der Waals surface area contributed by atoms with Crippen LogP contribution in [0.2, 0.25) is 0 Å². The van der Waals surface area contributed by atoms with Gasteiger partial charge in [-0.15, -0.1) is 0 Å². The summed E-state index contributed by atoms with van der Waals surface area (Å²) in [4.78, 5) is 20.9. The van der Waals surface area contributed by atoms with Crippen molar-refractivity contribution < 1.29 is 4.74 Å². The summed E-state index contributed by atoms with van der Waals surface area (Å²) in [6.07, 6.45) is 0. The third-order valence-corrected chi connectivity index (χ3v) is 3.15. The second-order valence-corrected chi connectivity index (χ2v) is 4.40. The maximum Gasteiger partial charge on any atom is 0.300 e. The quantitative estimate of drug-likeness (QED) is 0.712. The first-order chi connectivity index (χ1) is 9.70. The van der Waals surface area contributed by atoms with Crippen LogP contribution in [0.3, 0.4) is 0 Å². The van der Waals surface area contributed by atoms with Crippen LogP contribution in [0.15, 0.2) is 47.3 Å². The minimum Gasteiger partial charge on any atom is -0.468 e. The van der Waals surface area contributed by atoms with Crippen molar-refractivity contribution >= 4 is 11.0 Å². The van der Waals surface area contributed by atoms with Gasteiger partial charge >= 0.3 is 6.01 Å². The largest absolute Gasteiger partial charge is 0.468 e. The van der Waals surface area contributed by atoms with E-state index < -0.39 is 0 Å². The second kappa shape index (κ2) is 4.77. The Bertz CT molecular complexity index is 826. The van der Waals surface area contributed by atoms with E-state index in [0.29, 0.717) is 11.0 Å². The van der Waals surface area contributed by atoms with Gasteiger partial charge in [0.05, 0.1) is 18.2 Å². The van der Waals surface area contributed by atoms with Crippen molar-refractivity contribution in [2.24, 2.45) is 7.05 Å². The Hall–Kier alpha value is -2.69. The summed E-state index contributed by atoms with van der Waals surface area (Å²) in [5.41, 5.74) is 1.99. The molecular weight excluding hydrogens is 254 g/mol. The minimum atomic E-state index is -0.168. The third-order valence-electron chi connectivity index (χ3n) is 3.15. The van der Waals surface area contributed by atoms with E-state index in [9.17, 15) is 4.79 Å². The summed E-state index contributed by atoms with van der Waals surface area (Å²) in [5.74, 6) is 0. The summed E-state index contributed by atoms with van der Waals surface area (Å²) in [7, 11) is 3.10. The predicted molar refractivity (Wildman–Crippen MR) is 76.8 cm³/mol. The molecule has 0 aliphatic carbocycles. The van der Waals surface area contributed by atoms with Crippen LogP contribution in [0.5, 0.6) is 6.01 Å². The van der Waals surface area contributed by atoms with E-state index in [1.54, 1.807) is 13.1 Å². The number of hydrogen-bond donors (Lipinski definition) is 0. The van der Waals surface area contributed by atoms with Gasteiger partial charge in [-0.05, 0) is 12.1 Å². The zero-order chi connectivity index (χ0) is 14.1. The number of hydrogen-bond acceptors (Lipinski definition) is 4. The fourth-order valence-electron chi connectivity index (χ4n) is 2.09. The number of aromatic nitrogens is 3. The molecule has 0 aliphatic heterocycles. The van der Waals surface area contributed by atoms with E-state index in [0.717, 1.165) is 11.3 Å². The summed E-state index contributed by atoms with van der Waals surface area (Å²) in [6.45, 7) is 0. The zero-order valence-electron chi connectivity index (χ0n) is 11.2. The van der Waals surface area contributed by atoms with Crippen molar-refractivity contribution in [3.05, 3.63) is 52.8 Å². The Morgan fingerprint density at radius 2 is 1.80 bits per heavy atom. The SMILES string of the molecule is COc1nc2nc(-c3ccccc3)ccc2c(=O)n1C. The van der Waals surface area contributed by atoms with Gasteiger partial charge in [0.1, 0.15) is 0 Å². The van der Waals surface area contributed by atoms with Crippen molar-refractivity contribution in [1.29, 1.82) is 0 Å². The Balaban J connectivity index is 2.26. The number of rotatable bonds is 2. The number of benzene rings is 1. The molecule has 0 N–H and O–H groups in total. The highest BCUT2D eigenvalue weighted by Crippen LogP contribution is 2.19. The highest BCUT2D eigenvalue weighted by atomic mass is 16.5. The highest BCUT2D eigenvalue weighted by molar-refractivity contribution is 5.77. The lowest BCUT2D eigenvalue weighted by Gasteiger charge is -2.07. The fourth-order valence-corrected chi connectivity index (χ4v) is 2.09. The molecule has 20 heavy (non-hydrogen) atoms. The van der Waals surface area contributed by atoms with E-state index >= 15 is 0 Å². The molecule has 5 nitrogen and oxygen atoms in total. The van der Waals surface area contributed by atoms with Crippen molar-refractivity contribution in [2.45, 2.75) is 0 Å². The Labute approximate surface area is 115 Å². The Morgan fingerprint density at radius 1 is 1.05 bits per heavy atom. The Morgan fingerprint density at radius 3 is 2.50 bits per heavy atom. The molecule has 3 aromatic rings.